The first-order valence-corrected chi connectivity index (χ1v) is 12.6. The van der Waals surface area contributed by atoms with Gasteiger partial charge in [0.15, 0.2) is 5.65 Å². The lowest BCUT2D eigenvalue weighted by Gasteiger charge is -2.16. The molecule has 3 aromatic heterocycles. The number of anilines is 1. The van der Waals surface area contributed by atoms with Crippen LogP contribution >= 0.6 is 11.3 Å². The fraction of sp³-hybridized carbons (Fsp3) is 0.318. The zero-order valence-electron chi connectivity index (χ0n) is 19.4. The number of aromatic hydroxyl groups is 1. The minimum Gasteiger partial charge on any atom is -0.493 e. The van der Waals surface area contributed by atoms with Crippen LogP contribution in [0.25, 0.3) is 11.0 Å². The van der Waals surface area contributed by atoms with Gasteiger partial charge in [-0.1, -0.05) is 32.6 Å². The molecule has 3 heterocycles. The second-order valence-corrected chi connectivity index (χ2v) is 11.2. The molecule has 0 unspecified atom stereocenters. The van der Waals surface area contributed by atoms with Crippen LogP contribution in [-0.4, -0.2) is 53.5 Å². The zero-order chi connectivity index (χ0) is 25.8. The van der Waals surface area contributed by atoms with E-state index < -0.39 is 28.0 Å². The summed E-state index contributed by atoms with van der Waals surface area (Å²) in [5.41, 5.74) is -0.0655. The van der Waals surface area contributed by atoms with Crippen LogP contribution in [0, 0.1) is 17.3 Å². The van der Waals surface area contributed by atoms with Gasteiger partial charge >= 0.3 is 5.97 Å². The summed E-state index contributed by atoms with van der Waals surface area (Å²) in [5, 5.41) is 13.1. The standard InChI is InChI=1S/C22H23N5O6S2/c1-5-33-16(28)12-24-35(31,32)17-9-8-14(34-17)7-6-13-10-15-18(23-11-13)25-21(26-19(15)29)27-20(30)22(2,3)4/h8-11,24H,5,12H2,1-4H3,(H2,23,25,26,27,29,30). The van der Waals surface area contributed by atoms with Crippen LogP contribution in [0.3, 0.4) is 0 Å². The molecule has 0 atom stereocenters. The van der Waals surface area contributed by atoms with E-state index in [2.05, 4.69) is 36.8 Å². The van der Waals surface area contributed by atoms with Crippen LogP contribution in [0.2, 0.25) is 0 Å². The van der Waals surface area contributed by atoms with Crippen molar-refractivity contribution in [1.82, 2.24) is 19.7 Å². The summed E-state index contributed by atoms with van der Waals surface area (Å²) in [4.78, 5) is 36.2. The number of carbonyl (C=O) groups is 2. The predicted octanol–water partition coefficient (Wildman–Crippen LogP) is 2.02. The number of ether oxygens (including phenoxy) is 1. The van der Waals surface area contributed by atoms with Crippen LogP contribution in [0.15, 0.2) is 28.6 Å². The number of sulfonamides is 1. The number of fused-ring (bicyclic) bond motifs is 1. The summed E-state index contributed by atoms with van der Waals surface area (Å²) in [7, 11) is -3.88. The van der Waals surface area contributed by atoms with E-state index in [1.54, 1.807) is 27.7 Å². The maximum absolute atomic E-state index is 12.3. The molecule has 11 nitrogen and oxygen atoms in total. The molecule has 3 aromatic rings. The van der Waals surface area contributed by atoms with Crippen molar-refractivity contribution in [3.63, 3.8) is 0 Å². The van der Waals surface area contributed by atoms with Crippen molar-refractivity contribution in [2.45, 2.75) is 31.9 Å². The molecule has 0 aliphatic carbocycles. The molecule has 35 heavy (non-hydrogen) atoms. The lowest BCUT2D eigenvalue weighted by atomic mass is 9.96. The molecule has 13 heteroatoms. The van der Waals surface area contributed by atoms with Gasteiger partial charge in [-0.15, -0.1) is 11.3 Å². The number of hydrogen-bond donors (Lipinski definition) is 3. The second-order valence-electron chi connectivity index (χ2n) is 8.17. The number of rotatable bonds is 6. The van der Waals surface area contributed by atoms with Gasteiger partial charge < -0.3 is 9.84 Å². The van der Waals surface area contributed by atoms with Crippen molar-refractivity contribution >= 4 is 50.2 Å². The van der Waals surface area contributed by atoms with E-state index in [-0.39, 0.29) is 39.6 Å². The van der Waals surface area contributed by atoms with Crippen molar-refractivity contribution in [1.29, 1.82) is 0 Å². The number of aromatic nitrogens is 3. The first-order chi connectivity index (χ1) is 16.4. The number of hydrogen-bond acceptors (Lipinski definition) is 10. The zero-order valence-corrected chi connectivity index (χ0v) is 21.0. The van der Waals surface area contributed by atoms with E-state index in [1.165, 1.54) is 24.4 Å². The van der Waals surface area contributed by atoms with Crippen molar-refractivity contribution in [2.75, 3.05) is 18.5 Å². The normalized spacial score (nSPS) is 11.5. The van der Waals surface area contributed by atoms with Crippen molar-refractivity contribution in [2.24, 2.45) is 5.41 Å². The molecule has 0 aromatic carbocycles. The van der Waals surface area contributed by atoms with Gasteiger partial charge in [-0.3, -0.25) is 14.9 Å². The molecule has 1 amide bonds. The molecular formula is C22H23N5O6S2. The van der Waals surface area contributed by atoms with E-state index in [0.717, 1.165) is 11.3 Å². The fourth-order valence-electron chi connectivity index (χ4n) is 2.51. The number of amides is 1. The highest BCUT2D eigenvalue weighted by atomic mass is 32.2. The summed E-state index contributed by atoms with van der Waals surface area (Å²) in [5.74, 6) is 4.27. The SMILES string of the molecule is CCOC(=O)CNS(=O)(=O)c1ccc(C#Cc2cnc3nc(NC(=O)C(C)(C)C)nc(O)c3c2)s1. The average molecular weight is 518 g/mol. The smallest absolute Gasteiger partial charge is 0.321 e. The van der Waals surface area contributed by atoms with Gasteiger partial charge in [0, 0.05) is 17.2 Å². The summed E-state index contributed by atoms with van der Waals surface area (Å²) in [6.45, 7) is 6.52. The minimum atomic E-state index is -3.88. The maximum Gasteiger partial charge on any atom is 0.321 e. The monoisotopic (exact) mass is 517 g/mol. The van der Waals surface area contributed by atoms with Crippen molar-refractivity contribution in [3.05, 3.63) is 34.8 Å². The van der Waals surface area contributed by atoms with E-state index >= 15 is 0 Å². The Kier molecular flexibility index (Phi) is 7.69. The molecule has 3 rings (SSSR count). The Morgan fingerprint density at radius 1 is 1.20 bits per heavy atom. The molecule has 0 saturated carbocycles. The minimum absolute atomic E-state index is 0.00128. The third-order valence-electron chi connectivity index (χ3n) is 4.33. The molecule has 184 valence electrons. The summed E-state index contributed by atoms with van der Waals surface area (Å²) >= 11 is 0.930. The summed E-state index contributed by atoms with van der Waals surface area (Å²) < 4.78 is 31.5. The molecule has 0 radical (unpaired) electrons. The van der Waals surface area contributed by atoms with Gasteiger partial charge in [0.2, 0.25) is 17.7 Å². The first-order valence-electron chi connectivity index (χ1n) is 10.3. The van der Waals surface area contributed by atoms with Gasteiger partial charge in [0.1, 0.15) is 10.8 Å². The number of carbonyl (C=O) groups excluding carboxylic acids is 2. The Labute approximate surface area is 206 Å². The highest BCUT2D eigenvalue weighted by Crippen LogP contribution is 2.24. The number of pyridine rings is 1. The topological polar surface area (TPSA) is 160 Å². The van der Waals surface area contributed by atoms with Crippen molar-refractivity contribution in [3.8, 4) is 17.7 Å². The lowest BCUT2D eigenvalue weighted by molar-refractivity contribution is -0.141. The van der Waals surface area contributed by atoms with E-state index in [4.69, 9.17) is 4.74 Å². The molecule has 0 saturated heterocycles. The Bertz CT molecular complexity index is 1450. The number of esters is 1. The van der Waals surface area contributed by atoms with Crippen LogP contribution in [0.5, 0.6) is 5.88 Å². The summed E-state index contributed by atoms with van der Waals surface area (Å²) in [6.07, 6.45) is 1.43. The maximum atomic E-state index is 12.3. The third-order valence-corrected chi connectivity index (χ3v) is 7.22. The fourth-order valence-corrected chi connectivity index (χ4v) is 4.69. The first kappa shape index (κ1) is 26.0. The van der Waals surface area contributed by atoms with E-state index in [9.17, 15) is 23.1 Å². The molecule has 0 fully saturated rings. The van der Waals surface area contributed by atoms with Crippen LogP contribution in [0.1, 0.15) is 38.1 Å². The molecular weight excluding hydrogens is 494 g/mol. The molecule has 0 aliphatic rings. The van der Waals surface area contributed by atoms with E-state index in [0.29, 0.717) is 10.4 Å². The van der Waals surface area contributed by atoms with Gasteiger partial charge in [-0.05, 0) is 25.1 Å². The summed E-state index contributed by atoms with van der Waals surface area (Å²) in [6, 6.07) is 4.45. The largest absolute Gasteiger partial charge is 0.493 e. The lowest BCUT2D eigenvalue weighted by Crippen LogP contribution is -2.30. The Balaban J connectivity index is 1.77. The van der Waals surface area contributed by atoms with Crippen molar-refractivity contribution < 1.29 is 27.9 Å². The van der Waals surface area contributed by atoms with Crippen LogP contribution in [-0.2, 0) is 24.3 Å². The molecule has 3 N–H and O–H groups in total. The third kappa shape index (κ3) is 6.72. The molecule has 0 bridgehead atoms. The molecule has 0 aliphatic heterocycles. The van der Waals surface area contributed by atoms with Gasteiger partial charge in [0.05, 0.1) is 16.9 Å². The second kappa shape index (κ2) is 10.3. The van der Waals surface area contributed by atoms with Gasteiger partial charge in [-0.25, -0.2) is 13.4 Å². The number of thiophene rings is 1. The quantitative estimate of drug-likeness (QED) is 0.328. The van der Waals surface area contributed by atoms with Gasteiger partial charge in [-0.2, -0.15) is 14.7 Å². The Hall–Kier alpha value is -3.60. The van der Waals surface area contributed by atoms with Crippen LogP contribution in [0.4, 0.5) is 5.95 Å². The number of nitrogens with one attached hydrogen (secondary N) is 2. The number of nitrogens with zero attached hydrogens (tertiary/aromatic N) is 3. The van der Waals surface area contributed by atoms with Crippen LogP contribution < -0.4 is 10.0 Å². The van der Waals surface area contributed by atoms with Gasteiger partial charge in [0.25, 0.3) is 10.0 Å². The highest BCUT2D eigenvalue weighted by Gasteiger charge is 2.23. The molecule has 0 spiro atoms. The average Bonchev–Trinajstić information content (AvgIpc) is 3.26. The highest BCUT2D eigenvalue weighted by molar-refractivity contribution is 7.91. The predicted molar refractivity (Wildman–Crippen MR) is 129 cm³/mol. The van der Waals surface area contributed by atoms with E-state index in [1.807, 2.05) is 0 Å². The Morgan fingerprint density at radius 2 is 1.94 bits per heavy atom. The Morgan fingerprint density at radius 3 is 2.63 bits per heavy atom.